The van der Waals surface area contributed by atoms with Crippen molar-refractivity contribution in [2.24, 2.45) is 5.10 Å². The van der Waals surface area contributed by atoms with Crippen LogP contribution < -0.4 is 15.4 Å². The lowest BCUT2D eigenvalue weighted by atomic mass is 10.1. The third-order valence-electron chi connectivity index (χ3n) is 4.65. The second kappa shape index (κ2) is 12.5. The summed E-state index contributed by atoms with van der Waals surface area (Å²) in [4.78, 5) is 14.5. The summed E-state index contributed by atoms with van der Waals surface area (Å²) in [6.45, 7) is 4.28. The summed E-state index contributed by atoms with van der Waals surface area (Å²) in [5.74, 6) is -1.08. The van der Waals surface area contributed by atoms with E-state index in [0.29, 0.717) is 23.6 Å². The lowest BCUT2D eigenvalue weighted by Gasteiger charge is -2.22. The van der Waals surface area contributed by atoms with Crippen LogP contribution in [0.15, 0.2) is 47.3 Å². The van der Waals surface area contributed by atoms with Gasteiger partial charge in [0.15, 0.2) is 0 Å². The molecule has 0 aliphatic heterocycles. The van der Waals surface area contributed by atoms with Crippen molar-refractivity contribution in [1.82, 2.24) is 9.91 Å². The zero-order valence-electron chi connectivity index (χ0n) is 20.0. The second-order valence-corrected chi connectivity index (χ2v) is 7.74. The topological polar surface area (TPSA) is 89.4 Å². The number of carbonyl (C=O) groups is 1. The predicted molar refractivity (Wildman–Crippen MR) is 131 cm³/mol. The molecule has 0 fully saturated rings. The molecule has 10 heteroatoms. The van der Waals surface area contributed by atoms with Crippen molar-refractivity contribution < 1.29 is 23.4 Å². The number of allylic oxidation sites excluding steroid dienone is 1. The van der Waals surface area contributed by atoms with E-state index in [4.69, 9.17) is 4.74 Å². The van der Waals surface area contributed by atoms with E-state index in [1.807, 2.05) is 19.0 Å². The van der Waals surface area contributed by atoms with Gasteiger partial charge in [-0.1, -0.05) is 0 Å². The third kappa shape index (κ3) is 7.73. The molecule has 0 saturated carbocycles. The minimum Gasteiger partial charge on any atom is -0.506 e. The van der Waals surface area contributed by atoms with Gasteiger partial charge < -0.3 is 25.4 Å². The van der Waals surface area contributed by atoms with Gasteiger partial charge in [0.05, 0.1) is 12.3 Å². The number of nitrogens with zero attached hydrogens (tertiary/aromatic N) is 3. The summed E-state index contributed by atoms with van der Waals surface area (Å²) in [6, 6.07) is 7.40. The van der Waals surface area contributed by atoms with Gasteiger partial charge in [-0.3, -0.25) is 5.01 Å². The number of phenols is 1. The van der Waals surface area contributed by atoms with Crippen molar-refractivity contribution in [3.8, 4) is 11.5 Å². The van der Waals surface area contributed by atoms with Gasteiger partial charge in [-0.25, -0.2) is 13.6 Å². The van der Waals surface area contributed by atoms with Crippen molar-refractivity contribution >= 4 is 29.3 Å². The molecule has 0 saturated heterocycles. The van der Waals surface area contributed by atoms with Crippen molar-refractivity contribution in [2.75, 3.05) is 44.9 Å². The molecule has 2 aromatic rings. The van der Waals surface area contributed by atoms with Gasteiger partial charge in [-0.2, -0.15) is 5.10 Å². The summed E-state index contributed by atoms with van der Waals surface area (Å²) >= 11 is 0. The molecule has 184 valence electrons. The Bertz CT molecular complexity index is 1050. The van der Waals surface area contributed by atoms with Crippen molar-refractivity contribution in [3.63, 3.8) is 0 Å². The molecule has 2 rings (SSSR count). The molecule has 0 atom stereocenters. The molecular weight excluding hydrogens is 444 g/mol. The Labute approximate surface area is 198 Å². The van der Waals surface area contributed by atoms with Gasteiger partial charge in [0.1, 0.15) is 28.8 Å². The number of hydrogen-bond donors (Lipinski definition) is 3. The van der Waals surface area contributed by atoms with Gasteiger partial charge in [-0.05, 0) is 64.7 Å². The number of hydrogen-bond acceptors (Lipinski definition) is 6. The van der Waals surface area contributed by atoms with Gasteiger partial charge in [0.2, 0.25) is 0 Å². The highest BCUT2D eigenvalue weighted by Crippen LogP contribution is 2.34. The minimum absolute atomic E-state index is 0.0390. The maximum absolute atomic E-state index is 14.6. The number of halogens is 2. The molecule has 0 aliphatic rings. The average molecular weight is 476 g/mol. The van der Waals surface area contributed by atoms with Crippen LogP contribution in [-0.2, 0) is 0 Å². The zero-order valence-corrected chi connectivity index (χ0v) is 20.0. The largest absolute Gasteiger partial charge is 0.506 e. The lowest BCUT2D eigenvalue weighted by molar-refractivity contribution is 0.262. The minimum atomic E-state index is -0.671. The highest BCUT2D eigenvalue weighted by Gasteiger charge is 2.18. The number of anilines is 2. The van der Waals surface area contributed by atoms with E-state index in [2.05, 4.69) is 15.7 Å². The quantitative estimate of drug-likeness (QED) is 0.193. The first-order chi connectivity index (χ1) is 16.1. The molecule has 2 aromatic carbocycles. The first-order valence-electron chi connectivity index (χ1n) is 10.7. The van der Waals surface area contributed by atoms with Crippen LogP contribution >= 0.6 is 0 Å². The van der Waals surface area contributed by atoms with Gasteiger partial charge in [0, 0.05) is 37.1 Å². The molecule has 0 aliphatic carbocycles. The summed E-state index contributed by atoms with van der Waals surface area (Å²) in [7, 11) is 5.54. The molecule has 0 unspecified atom stereocenters. The Hall–Kier alpha value is -3.66. The zero-order chi connectivity index (χ0) is 25.3. The number of nitrogens with one attached hydrogen (secondary N) is 2. The Morgan fingerprint density at radius 2 is 1.91 bits per heavy atom. The van der Waals surface area contributed by atoms with Gasteiger partial charge in [-0.15, -0.1) is 0 Å². The number of urea groups is 1. The SMILES string of the molecule is C/C=N\N(C)/C(=C(\C)F)c1cc(NC(=O)Nc2ccc(F)cc2O)ccc1OCCCN(C)C. The Kier molecular flexibility index (Phi) is 9.81. The number of benzene rings is 2. The number of phenolic OH excluding ortho intramolecular Hbond substituents is 1. The van der Waals surface area contributed by atoms with Crippen LogP contribution in [0.4, 0.5) is 25.0 Å². The van der Waals surface area contributed by atoms with Crippen LogP contribution in [0.2, 0.25) is 0 Å². The summed E-state index contributed by atoms with van der Waals surface area (Å²) in [6.07, 6.45) is 2.30. The maximum atomic E-state index is 14.6. The summed E-state index contributed by atoms with van der Waals surface area (Å²) in [5, 5.41) is 20.4. The number of carbonyl (C=O) groups excluding carboxylic acids is 1. The van der Waals surface area contributed by atoms with E-state index in [1.54, 1.807) is 32.2 Å². The highest BCUT2D eigenvalue weighted by atomic mass is 19.1. The van der Waals surface area contributed by atoms with Crippen LogP contribution in [0, 0.1) is 5.82 Å². The number of aromatic hydroxyl groups is 1. The molecule has 0 radical (unpaired) electrons. The Morgan fingerprint density at radius 1 is 1.18 bits per heavy atom. The Balaban J connectivity index is 2.32. The maximum Gasteiger partial charge on any atom is 0.323 e. The van der Waals surface area contributed by atoms with E-state index < -0.39 is 23.4 Å². The van der Waals surface area contributed by atoms with E-state index in [1.165, 1.54) is 24.2 Å². The summed E-state index contributed by atoms with van der Waals surface area (Å²) < 4.78 is 33.7. The highest BCUT2D eigenvalue weighted by molar-refractivity contribution is 6.01. The molecule has 0 heterocycles. The molecule has 2 amide bonds. The van der Waals surface area contributed by atoms with Crippen LogP contribution in [0.1, 0.15) is 25.8 Å². The number of hydrazone groups is 1. The Morgan fingerprint density at radius 3 is 2.53 bits per heavy atom. The fourth-order valence-corrected chi connectivity index (χ4v) is 3.19. The first kappa shape index (κ1) is 26.6. The van der Waals surface area contributed by atoms with E-state index in [-0.39, 0.29) is 11.4 Å². The molecule has 0 bridgehead atoms. The van der Waals surface area contributed by atoms with Crippen LogP contribution in [0.5, 0.6) is 11.5 Å². The van der Waals surface area contributed by atoms with E-state index in [0.717, 1.165) is 25.1 Å². The standard InChI is InChI=1S/C24H31F2N5O3/c1-6-27-31(5)23(16(2)25)19-15-18(9-11-22(19)34-13-7-12-30(3)4)28-24(33)29-20-10-8-17(26)14-21(20)32/h6,8-11,14-15,32H,7,12-13H2,1-5H3,(H2,28,29,33)/b23-16+,27-6-. The molecule has 0 aromatic heterocycles. The predicted octanol–water partition coefficient (Wildman–Crippen LogP) is 5.10. The number of amides is 2. The lowest BCUT2D eigenvalue weighted by Crippen LogP contribution is -2.20. The second-order valence-electron chi connectivity index (χ2n) is 7.74. The first-order valence-corrected chi connectivity index (χ1v) is 10.7. The monoisotopic (exact) mass is 475 g/mol. The van der Waals surface area contributed by atoms with Crippen LogP contribution in [0.3, 0.4) is 0 Å². The third-order valence-corrected chi connectivity index (χ3v) is 4.65. The normalized spacial score (nSPS) is 12.0. The average Bonchev–Trinajstić information content (AvgIpc) is 2.74. The van der Waals surface area contributed by atoms with Crippen LogP contribution in [0.25, 0.3) is 5.70 Å². The molecule has 0 spiro atoms. The molecular formula is C24H31F2N5O3. The molecule has 3 N–H and O–H groups in total. The number of ether oxygens (including phenoxy) is 1. The van der Waals surface area contributed by atoms with E-state index in [9.17, 15) is 18.7 Å². The number of rotatable bonds is 10. The fourth-order valence-electron chi connectivity index (χ4n) is 3.19. The van der Waals surface area contributed by atoms with Gasteiger partial charge in [0.25, 0.3) is 0 Å². The van der Waals surface area contributed by atoms with Crippen molar-refractivity contribution in [2.45, 2.75) is 20.3 Å². The smallest absolute Gasteiger partial charge is 0.323 e. The van der Waals surface area contributed by atoms with Gasteiger partial charge >= 0.3 is 6.03 Å². The van der Waals surface area contributed by atoms with Crippen molar-refractivity contribution in [3.05, 3.63) is 53.6 Å². The molecule has 8 nitrogen and oxygen atoms in total. The summed E-state index contributed by atoms with van der Waals surface area (Å²) in [5.41, 5.74) is 0.973. The van der Waals surface area contributed by atoms with E-state index >= 15 is 0 Å². The van der Waals surface area contributed by atoms with Crippen LogP contribution in [-0.4, -0.2) is 61.6 Å². The van der Waals surface area contributed by atoms with Crippen molar-refractivity contribution in [1.29, 1.82) is 0 Å². The fraction of sp³-hybridized carbons (Fsp3) is 0.333. The molecule has 34 heavy (non-hydrogen) atoms.